The minimum atomic E-state index is -2.90. The zero-order chi connectivity index (χ0) is 11.3. The summed E-state index contributed by atoms with van der Waals surface area (Å²) in [6, 6.07) is 0. The molecule has 0 N–H and O–H groups in total. The van der Waals surface area contributed by atoms with Crippen molar-refractivity contribution in [1.82, 2.24) is 4.90 Å². The van der Waals surface area contributed by atoms with Gasteiger partial charge in [0.2, 0.25) is 0 Å². The van der Waals surface area contributed by atoms with Crippen molar-refractivity contribution in [2.45, 2.75) is 17.7 Å². The summed E-state index contributed by atoms with van der Waals surface area (Å²) in [4.78, 5) is 2.00. The monoisotopic (exact) mass is 263 g/mol. The molecule has 2 atom stereocenters. The molecule has 2 aliphatic heterocycles. The van der Waals surface area contributed by atoms with Crippen molar-refractivity contribution in [2.75, 3.05) is 18.1 Å². The number of nitrogens with zero attached hydrogens (tertiary/aromatic N) is 1. The lowest BCUT2D eigenvalue weighted by molar-refractivity contribution is 0.267. The van der Waals surface area contributed by atoms with Gasteiger partial charge in [0.1, 0.15) is 4.32 Å². The number of fused-ring (bicyclic) bond motifs is 1. The molecule has 2 aliphatic rings. The Morgan fingerprint density at radius 3 is 3.07 bits per heavy atom. The number of rotatable bonds is 2. The smallest absolute Gasteiger partial charge is 0.153 e. The summed E-state index contributed by atoms with van der Waals surface area (Å²) in [6.45, 7) is 6.30. The molecule has 0 amide bonds. The molecule has 0 aromatic carbocycles. The number of thioether (sulfide) groups is 1. The van der Waals surface area contributed by atoms with Crippen LogP contribution in [0.3, 0.4) is 0 Å². The zero-order valence-electron chi connectivity index (χ0n) is 8.47. The highest BCUT2D eigenvalue weighted by Gasteiger charge is 2.56. The highest BCUT2D eigenvalue weighted by Crippen LogP contribution is 2.45. The Morgan fingerprint density at radius 1 is 1.80 bits per heavy atom. The first-order chi connectivity index (χ1) is 6.89. The number of hydrogen-bond donors (Lipinski definition) is 0. The Hall–Kier alpha value is -0.0700. The van der Waals surface area contributed by atoms with E-state index in [0.29, 0.717) is 6.54 Å². The van der Waals surface area contributed by atoms with Gasteiger partial charge in [0, 0.05) is 11.8 Å². The largest absolute Gasteiger partial charge is 0.346 e. The highest BCUT2D eigenvalue weighted by atomic mass is 32.2. The van der Waals surface area contributed by atoms with E-state index >= 15 is 0 Å². The van der Waals surface area contributed by atoms with E-state index in [1.54, 1.807) is 6.08 Å². The van der Waals surface area contributed by atoms with Gasteiger partial charge < -0.3 is 4.90 Å². The molecule has 0 unspecified atom stereocenters. The van der Waals surface area contributed by atoms with Gasteiger partial charge in [0.25, 0.3) is 0 Å². The predicted molar refractivity (Wildman–Crippen MR) is 67.9 cm³/mol. The Morgan fingerprint density at radius 2 is 2.47 bits per heavy atom. The fourth-order valence-corrected chi connectivity index (χ4v) is 7.16. The summed E-state index contributed by atoms with van der Waals surface area (Å²) in [5.41, 5.74) is -0.325. The van der Waals surface area contributed by atoms with Gasteiger partial charge in [-0.05, 0) is 6.92 Å². The third-order valence-corrected chi connectivity index (χ3v) is 6.97. The molecule has 15 heavy (non-hydrogen) atoms. The fraction of sp³-hybridized carbons (Fsp3) is 0.667. The Bertz CT molecular complexity index is 417. The van der Waals surface area contributed by atoms with Crippen LogP contribution in [-0.4, -0.2) is 46.5 Å². The maximum absolute atomic E-state index is 11.6. The van der Waals surface area contributed by atoms with E-state index in [0.717, 1.165) is 4.32 Å². The number of thiocarbonyl (C=S) groups is 1. The van der Waals surface area contributed by atoms with Gasteiger partial charge in [0.15, 0.2) is 9.84 Å². The second-order valence-electron chi connectivity index (χ2n) is 4.18. The van der Waals surface area contributed by atoms with Crippen LogP contribution >= 0.6 is 24.0 Å². The first-order valence-corrected chi connectivity index (χ1v) is 7.79. The van der Waals surface area contributed by atoms with Crippen molar-refractivity contribution in [3.05, 3.63) is 12.7 Å². The zero-order valence-corrected chi connectivity index (χ0v) is 10.9. The minimum absolute atomic E-state index is 0.0925. The van der Waals surface area contributed by atoms with Crippen molar-refractivity contribution < 1.29 is 8.42 Å². The van der Waals surface area contributed by atoms with E-state index in [2.05, 4.69) is 6.58 Å². The van der Waals surface area contributed by atoms with Crippen LogP contribution in [0.2, 0.25) is 0 Å². The SMILES string of the molecule is C=CCN1C(=S)S[C@H]2CS(=O)(=O)C[C@]21C. The third kappa shape index (κ3) is 1.72. The van der Waals surface area contributed by atoms with Crippen LogP contribution in [0.4, 0.5) is 0 Å². The Labute approximate surface area is 99.8 Å². The molecule has 2 rings (SSSR count). The molecule has 0 radical (unpaired) electrons. The molecular formula is C9H13NO2S3. The molecule has 0 aromatic heterocycles. The number of sulfone groups is 1. The molecule has 2 heterocycles. The van der Waals surface area contributed by atoms with Crippen LogP contribution in [0, 0.1) is 0 Å². The molecule has 2 fully saturated rings. The molecule has 0 bridgehead atoms. The molecule has 3 nitrogen and oxygen atoms in total. The van der Waals surface area contributed by atoms with Crippen LogP contribution in [0.5, 0.6) is 0 Å². The average molecular weight is 263 g/mol. The standard InChI is InChI=1S/C9H13NO2S3/c1-3-4-10-8(13)14-7-5-15(11,12)6-9(7,10)2/h3,7H,1,4-6H2,2H3/t7-,9+/m0/s1. The highest BCUT2D eigenvalue weighted by molar-refractivity contribution is 8.24. The van der Waals surface area contributed by atoms with E-state index in [9.17, 15) is 8.42 Å². The van der Waals surface area contributed by atoms with Crippen LogP contribution < -0.4 is 0 Å². The van der Waals surface area contributed by atoms with Crippen molar-refractivity contribution in [2.24, 2.45) is 0 Å². The van der Waals surface area contributed by atoms with Crippen molar-refractivity contribution >= 4 is 38.1 Å². The van der Waals surface area contributed by atoms with Crippen LogP contribution in [0.1, 0.15) is 6.92 Å². The van der Waals surface area contributed by atoms with E-state index in [-0.39, 0.29) is 22.3 Å². The number of hydrogen-bond acceptors (Lipinski definition) is 4. The molecule has 2 saturated heterocycles. The summed E-state index contributed by atoms with van der Waals surface area (Å²) in [5, 5.41) is 0.0925. The van der Waals surface area contributed by atoms with Gasteiger partial charge in [-0.15, -0.1) is 6.58 Å². The van der Waals surface area contributed by atoms with E-state index in [4.69, 9.17) is 12.2 Å². The van der Waals surface area contributed by atoms with Gasteiger partial charge in [0.05, 0.1) is 17.0 Å². The summed E-state index contributed by atoms with van der Waals surface area (Å²) >= 11 is 6.77. The van der Waals surface area contributed by atoms with Gasteiger partial charge in [-0.2, -0.15) is 0 Å². The van der Waals surface area contributed by atoms with Crippen molar-refractivity contribution in [1.29, 1.82) is 0 Å². The molecule has 0 aromatic rings. The van der Waals surface area contributed by atoms with Gasteiger partial charge in [-0.1, -0.05) is 30.1 Å². The first-order valence-electron chi connectivity index (χ1n) is 4.69. The van der Waals surface area contributed by atoms with Crippen molar-refractivity contribution in [3.63, 3.8) is 0 Å². The molecule has 84 valence electrons. The summed E-state index contributed by atoms with van der Waals surface area (Å²) in [5.74, 6) is 0.466. The first kappa shape index (κ1) is 11.4. The molecular weight excluding hydrogens is 250 g/mol. The van der Waals surface area contributed by atoms with Crippen molar-refractivity contribution in [3.8, 4) is 0 Å². The third-order valence-electron chi connectivity index (χ3n) is 3.00. The Balaban J connectivity index is 2.35. The summed E-state index contributed by atoms with van der Waals surface area (Å²) in [6.07, 6.45) is 1.77. The summed E-state index contributed by atoms with van der Waals surface area (Å²) in [7, 11) is -2.90. The molecule has 0 spiro atoms. The van der Waals surface area contributed by atoms with Gasteiger partial charge in [-0.3, -0.25) is 0 Å². The van der Waals surface area contributed by atoms with E-state index < -0.39 is 9.84 Å². The van der Waals surface area contributed by atoms with Gasteiger partial charge in [-0.25, -0.2) is 8.42 Å². The van der Waals surface area contributed by atoms with Gasteiger partial charge >= 0.3 is 0 Å². The molecule has 0 aliphatic carbocycles. The lowest BCUT2D eigenvalue weighted by Gasteiger charge is -2.33. The van der Waals surface area contributed by atoms with Crippen LogP contribution in [0.15, 0.2) is 12.7 Å². The summed E-state index contributed by atoms with van der Waals surface area (Å²) < 4.78 is 24.0. The Kier molecular flexibility index (Phi) is 2.64. The maximum atomic E-state index is 11.6. The lowest BCUT2D eigenvalue weighted by Crippen LogP contribution is -2.48. The normalized spacial score (nSPS) is 38.1. The minimum Gasteiger partial charge on any atom is -0.346 e. The molecule has 0 saturated carbocycles. The fourth-order valence-electron chi connectivity index (χ4n) is 2.23. The quantitative estimate of drug-likeness (QED) is 0.550. The topological polar surface area (TPSA) is 37.4 Å². The predicted octanol–water partition coefficient (Wildman–Crippen LogP) is 1.06. The second-order valence-corrected chi connectivity index (χ2v) is 8.13. The second kappa shape index (κ2) is 3.46. The van der Waals surface area contributed by atoms with Crippen LogP contribution in [0.25, 0.3) is 0 Å². The van der Waals surface area contributed by atoms with E-state index in [1.165, 1.54) is 11.8 Å². The van der Waals surface area contributed by atoms with Crippen LogP contribution in [-0.2, 0) is 9.84 Å². The lowest BCUT2D eigenvalue weighted by atomic mass is 10.00. The maximum Gasteiger partial charge on any atom is 0.153 e. The van der Waals surface area contributed by atoms with E-state index in [1.807, 2.05) is 11.8 Å². The average Bonchev–Trinajstić information content (AvgIpc) is 2.42. The molecule has 6 heteroatoms.